The van der Waals surface area contributed by atoms with Crippen molar-refractivity contribution in [3.8, 4) is 11.3 Å². The van der Waals surface area contributed by atoms with Crippen LogP contribution in [0.1, 0.15) is 25.8 Å². The van der Waals surface area contributed by atoms with Gasteiger partial charge in [0.25, 0.3) is 0 Å². The molecule has 0 saturated heterocycles. The van der Waals surface area contributed by atoms with E-state index in [9.17, 15) is 4.79 Å². The van der Waals surface area contributed by atoms with Gasteiger partial charge in [-0.05, 0) is 18.4 Å². The Morgan fingerprint density at radius 1 is 1.27 bits per heavy atom. The Morgan fingerprint density at radius 3 is 2.85 bits per heavy atom. The fourth-order valence-corrected chi connectivity index (χ4v) is 2.80. The zero-order valence-corrected chi connectivity index (χ0v) is 15.5. The monoisotopic (exact) mass is 351 g/mol. The lowest BCUT2D eigenvalue weighted by Crippen LogP contribution is -2.28. The van der Waals surface area contributed by atoms with E-state index in [1.54, 1.807) is 12.4 Å². The van der Waals surface area contributed by atoms with Crippen LogP contribution in [0.25, 0.3) is 16.9 Å². The maximum atomic E-state index is 12.0. The number of anilines is 1. The number of hydrogen-bond acceptors (Lipinski definition) is 4. The van der Waals surface area contributed by atoms with Gasteiger partial charge in [-0.3, -0.25) is 14.2 Å². The molecule has 2 N–H and O–H groups in total. The number of amides is 1. The number of nitrogens with zero attached hydrogens (tertiary/aromatic N) is 3. The van der Waals surface area contributed by atoms with Crippen molar-refractivity contribution in [1.82, 2.24) is 19.7 Å². The topological polar surface area (TPSA) is 71.3 Å². The van der Waals surface area contributed by atoms with Crippen LogP contribution in [0.2, 0.25) is 0 Å². The van der Waals surface area contributed by atoms with Crippen LogP contribution in [0.5, 0.6) is 0 Å². The molecule has 0 bridgehead atoms. The zero-order valence-electron chi connectivity index (χ0n) is 15.5. The van der Waals surface area contributed by atoms with Gasteiger partial charge in [0, 0.05) is 37.5 Å². The number of nitrogens with one attached hydrogen (secondary N) is 2. The van der Waals surface area contributed by atoms with Crippen molar-refractivity contribution in [3.63, 3.8) is 0 Å². The molecule has 0 atom stereocenters. The van der Waals surface area contributed by atoms with Crippen molar-refractivity contribution < 1.29 is 4.79 Å². The first kappa shape index (κ1) is 17.9. The predicted octanol–water partition coefficient (Wildman–Crippen LogP) is 3.28. The standard InChI is InChI=1S/C20H25N5O/c1-14(2)12-23-18(26)8-9-22-20-19(16-7-5-4-6-15(16)3)24-17-13-21-10-11-25(17)20/h4-7,10-11,13-14,22H,8-9,12H2,1-3H3,(H,23,26). The summed E-state index contributed by atoms with van der Waals surface area (Å²) in [4.78, 5) is 20.9. The third-order valence-corrected chi connectivity index (χ3v) is 4.18. The molecule has 0 aliphatic carbocycles. The SMILES string of the molecule is Cc1ccccc1-c1nc2cnccn2c1NCCC(=O)NCC(C)C. The van der Waals surface area contributed by atoms with E-state index in [0.717, 1.165) is 28.3 Å². The Kier molecular flexibility index (Phi) is 5.51. The Balaban J connectivity index is 1.82. The molecule has 2 aromatic heterocycles. The van der Waals surface area contributed by atoms with E-state index in [2.05, 4.69) is 48.5 Å². The van der Waals surface area contributed by atoms with Gasteiger partial charge in [0.05, 0.1) is 6.20 Å². The van der Waals surface area contributed by atoms with Crippen LogP contribution < -0.4 is 10.6 Å². The molecule has 1 aromatic carbocycles. The van der Waals surface area contributed by atoms with Crippen molar-refractivity contribution in [2.75, 3.05) is 18.4 Å². The normalized spacial score (nSPS) is 11.1. The summed E-state index contributed by atoms with van der Waals surface area (Å²) in [6.45, 7) is 7.48. The lowest BCUT2D eigenvalue weighted by atomic mass is 10.1. The molecule has 0 radical (unpaired) electrons. The van der Waals surface area contributed by atoms with E-state index < -0.39 is 0 Å². The average molecular weight is 351 g/mol. The molecule has 3 aromatic rings. The van der Waals surface area contributed by atoms with E-state index >= 15 is 0 Å². The van der Waals surface area contributed by atoms with Crippen LogP contribution >= 0.6 is 0 Å². The first-order valence-corrected chi connectivity index (χ1v) is 8.95. The Labute approximate surface area is 153 Å². The highest BCUT2D eigenvalue weighted by Crippen LogP contribution is 2.30. The van der Waals surface area contributed by atoms with Crippen LogP contribution in [0.3, 0.4) is 0 Å². The maximum absolute atomic E-state index is 12.0. The van der Waals surface area contributed by atoms with E-state index in [1.807, 2.05) is 22.7 Å². The zero-order chi connectivity index (χ0) is 18.5. The highest BCUT2D eigenvalue weighted by Gasteiger charge is 2.15. The summed E-state index contributed by atoms with van der Waals surface area (Å²) in [5, 5.41) is 6.34. The van der Waals surface area contributed by atoms with Gasteiger partial charge in [0.15, 0.2) is 5.65 Å². The van der Waals surface area contributed by atoms with Gasteiger partial charge in [0.2, 0.25) is 5.91 Å². The van der Waals surface area contributed by atoms with E-state index in [4.69, 9.17) is 4.98 Å². The minimum absolute atomic E-state index is 0.0547. The van der Waals surface area contributed by atoms with Gasteiger partial charge in [0.1, 0.15) is 11.5 Å². The highest BCUT2D eigenvalue weighted by molar-refractivity contribution is 5.79. The number of rotatable bonds is 7. The Bertz CT molecular complexity index is 900. The van der Waals surface area contributed by atoms with Crippen LogP contribution in [-0.2, 0) is 4.79 Å². The van der Waals surface area contributed by atoms with Gasteiger partial charge in [-0.15, -0.1) is 0 Å². The van der Waals surface area contributed by atoms with Gasteiger partial charge in [-0.1, -0.05) is 38.1 Å². The number of benzene rings is 1. The van der Waals surface area contributed by atoms with E-state index in [1.165, 1.54) is 0 Å². The smallest absolute Gasteiger partial charge is 0.221 e. The number of aromatic nitrogens is 3. The molecule has 2 heterocycles. The second kappa shape index (κ2) is 7.99. The first-order chi connectivity index (χ1) is 12.6. The molecule has 0 saturated carbocycles. The summed E-state index contributed by atoms with van der Waals surface area (Å²) < 4.78 is 1.97. The molecule has 3 rings (SSSR count). The maximum Gasteiger partial charge on any atom is 0.221 e. The van der Waals surface area contributed by atoms with Crippen LogP contribution in [-0.4, -0.2) is 33.4 Å². The third kappa shape index (κ3) is 4.02. The van der Waals surface area contributed by atoms with Crippen molar-refractivity contribution in [1.29, 1.82) is 0 Å². The van der Waals surface area contributed by atoms with Gasteiger partial charge in [-0.25, -0.2) is 4.98 Å². The number of aryl methyl sites for hydroxylation is 1. The van der Waals surface area contributed by atoms with E-state index in [0.29, 0.717) is 25.4 Å². The second-order valence-corrected chi connectivity index (χ2v) is 6.80. The molecular weight excluding hydrogens is 326 g/mol. The molecule has 0 aliphatic rings. The molecule has 0 spiro atoms. The first-order valence-electron chi connectivity index (χ1n) is 8.95. The summed E-state index contributed by atoms with van der Waals surface area (Å²) >= 11 is 0. The predicted molar refractivity (Wildman–Crippen MR) is 104 cm³/mol. The minimum Gasteiger partial charge on any atom is -0.369 e. The largest absolute Gasteiger partial charge is 0.369 e. The van der Waals surface area contributed by atoms with Crippen LogP contribution in [0.4, 0.5) is 5.82 Å². The van der Waals surface area contributed by atoms with E-state index in [-0.39, 0.29) is 5.91 Å². The minimum atomic E-state index is 0.0547. The van der Waals surface area contributed by atoms with Crippen LogP contribution in [0.15, 0.2) is 42.9 Å². The molecular formula is C20H25N5O. The number of imidazole rings is 1. The number of carbonyl (C=O) groups is 1. The Hall–Kier alpha value is -2.89. The number of carbonyl (C=O) groups excluding carboxylic acids is 1. The summed E-state index contributed by atoms with van der Waals surface area (Å²) in [5.74, 6) is 1.39. The fraction of sp³-hybridized carbons (Fsp3) is 0.350. The Morgan fingerprint density at radius 2 is 2.08 bits per heavy atom. The molecule has 0 fully saturated rings. The molecule has 1 amide bonds. The van der Waals surface area contributed by atoms with Crippen molar-refractivity contribution >= 4 is 17.4 Å². The summed E-state index contributed by atoms with van der Waals surface area (Å²) in [6.07, 6.45) is 5.77. The molecule has 6 nitrogen and oxygen atoms in total. The summed E-state index contributed by atoms with van der Waals surface area (Å²) in [5.41, 5.74) is 3.88. The lowest BCUT2D eigenvalue weighted by molar-refractivity contribution is -0.120. The van der Waals surface area contributed by atoms with Crippen molar-refractivity contribution in [2.24, 2.45) is 5.92 Å². The second-order valence-electron chi connectivity index (χ2n) is 6.80. The molecule has 26 heavy (non-hydrogen) atoms. The van der Waals surface area contributed by atoms with Crippen molar-refractivity contribution in [2.45, 2.75) is 27.2 Å². The lowest BCUT2D eigenvalue weighted by Gasteiger charge is -2.11. The molecule has 0 unspecified atom stereocenters. The molecule has 0 aliphatic heterocycles. The summed E-state index contributed by atoms with van der Waals surface area (Å²) in [6, 6.07) is 8.15. The summed E-state index contributed by atoms with van der Waals surface area (Å²) in [7, 11) is 0. The molecule has 136 valence electrons. The fourth-order valence-electron chi connectivity index (χ4n) is 2.80. The third-order valence-electron chi connectivity index (χ3n) is 4.18. The van der Waals surface area contributed by atoms with Gasteiger partial charge in [-0.2, -0.15) is 0 Å². The van der Waals surface area contributed by atoms with Crippen LogP contribution in [0, 0.1) is 12.8 Å². The quantitative estimate of drug-likeness (QED) is 0.685. The van der Waals surface area contributed by atoms with Crippen molar-refractivity contribution in [3.05, 3.63) is 48.4 Å². The number of hydrogen-bond donors (Lipinski definition) is 2. The highest BCUT2D eigenvalue weighted by atomic mass is 16.1. The molecule has 6 heteroatoms. The number of fused-ring (bicyclic) bond motifs is 1. The van der Waals surface area contributed by atoms with Gasteiger partial charge < -0.3 is 10.6 Å². The average Bonchev–Trinajstić information content (AvgIpc) is 2.99. The van der Waals surface area contributed by atoms with Gasteiger partial charge >= 0.3 is 0 Å².